The van der Waals surface area contributed by atoms with Gasteiger partial charge in [-0.3, -0.25) is 4.79 Å². The molecule has 0 bridgehead atoms. The van der Waals surface area contributed by atoms with Crippen LogP contribution in [0.4, 0.5) is 4.79 Å². The maximum atomic E-state index is 11.6. The van der Waals surface area contributed by atoms with Gasteiger partial charge in [0.05, 0.1) is 12.0 Å². The molecule has 1 heterocycles. The first-order valence-corrected chi connectivity index (χ1v) is 6.25. The SMILES string of the molecule is Cn1ccnc1CNC(=O)NCC1(C(=O)O)CCC1. The molecule has 0 unspecified atom stereocenters. The Morgan fingerprint density at radius 1 is 1.47 bits per heavy atom. The minimum absolute atomic E-state index is 0.175. The fourth-order valence-electron chi connectivity index (χ4n) is 2.11. The van der Waals surface area contributed by atoms with Gasteiger partial charge in [0, 0.05) is 26.0 Å². The Hall–Kier alpha value is -2.05. The molecule has 2 rings (SSSR count). The quantitative estimate of drug-likeness (QED) is 0.722. The highest BCUT2D eigenvalue weighted by Crippen LogP contribution is 2.40. The van der Waals surface area contributed by atoms with Gasteiger partial charge in [-0.05, 0) is 12.8 Å². The summed E-state index contributed by atoms with van der Waals surface area (Å²) in [5, 5.41) is 14.4. The van der Waals surface area contributed by atoms with Crippen molar-refractivity contribution in [2.45, 2.75) is 25.8 Å². The van der Waals surface area contributed by atoms with E-state index < -0.39 is 11.4 Å². The summed E-state index contributed by atoms with van der Waals surface area (Å²) in [6.45, 7) is 0.490. The number of carboxylic acid groups (broad SMARTS) is 1. The normalized spacial score (nSPS) is 16.5. The van der Waals surface area contributed by atoms with E-state index in [1.165, 1.54) is 0 Å². The molecule has 1 aromatic heterocycles. The summed E-state index contributed by atoms with van der Waals surface area (Å²) in [4.78, 5) is 26.8. The average Bonchev–Trinajstić information content (AvgIpc) is 2.70. The van der Waals surface area contributed by atoms with Gasteiger partial charge in [0.1, 0.15) is 5.82 Å². The Labute approximate surface area is 111 Å². The van der Waals surface area contributed by atoms with Crippen LogP contribution in [0.15, 0.2) is 12.4 Å². The van der Waals surface area contributed by atoms with Gasteiger partial charge in [0.15, 0.2) is 0 Å². The van der Waals surface area contributed by atoms with Crippen molar-refractivity contribution in [1.29, 1.82) is 0 Å². The molecule has 0 atom stereocenters. The second kappa shape index (κ2) is 5.29. The molecule has 0 spiro atoms. The van der Waals surface area contributed by atoms with Crippen molar-refractivity contribution in [3.05, 3.63) is 18.2 Å². The summed E-state index contributed by atoms with van der Waals surface area (Å²) in [5.74, 6) is -0.0881. The number of aliphatic carboxylic acids is 1. The maximum absolute atomic E-state index is 11.6. The van der Waals surface area contributed by atoms with Crippen molar-refractivity contribution in [2.24, 2.45) is 12.5 Å². The van der Waals surface area contributed by atoms with Gasteiger partial charge in [0.25, 0.3) is 0 Å². The fourth-order valence-corrected chi connectivity index (χ4v) is 2.11. The number of rotatable bonds is 5. The number of nitrogens with zero attached hydrogens (tertiary/aromatic N) is 2. The summed E-state index contributed by atoms with van der Waals surface area (Å²) in [6.07, 6.45) is 5.61. The number of aryl methyl sites for hydroxylation is 1. The van der Waals surface area contributed by atoms with Gasteiger partial charge >= 0.3 is 12.0 Å². The first-order valence-electron chi connectivity index (χ1n) is 6.25. The van der Waals surface area contributed by atoms with Crippen molar-refractivity contribution in [3.8, 4) is 0 Å². The monoisotopic (exact) mass is 266 g/mol. The van der Waals surface area contributed by atoms with Crippen LogP contribution in [0, 0.1) is 5.41 Å². The Bertz CT molecular complexity index is 479. The number of carbonyl (C=O) groups is 2. The van der Waals surface area contributed by atoms with Crippen molar-refractivity contribution >= 4 is 12.0 Å². The van der Waals surface area contributed by atoms with Gasteiger partial charge < -0.3 is 20.3 Å². The van der Waals surface area contributed by atoms with Crippen LogP contribution >= 0.6 is 0 Å². The van der Waals surface area contributed by atoms with Crippen molar-refractivity contribution in [3.63, 3.8) is 0 Å². The van der Waals surface area contributed by atoms with E-state index in [1.54, 1.807) is 12.4 Å². The van der Waals surface area contributed by atoms with Crippen LogP contribution in [0.3, 0.4) is 0 Å². The molecule has 2 amide bonds. The highest BCUT2D eigenvalue weighted by atomic mass is 16.4. The van der Waals surface area contributed by atoms with Gasteiger partial charge in [-0.2, -0.15) is 0 Å². The van der Waals surface area contributed by atoms with E-state index in [9.17, 15) is 9.59 Å². The van der Waals surface area contributed by atoms with E-state index in [0.717, 1.165) is 12.2 Å². The van der Waals surface area contributed by atoms with Crippen molar-refractivity contribution in [2.75, 3.05) is 6.54 Å². The highest BCUT2D eigenvalue weighted by molar-refractivity contribution is 5.78. The molecule has 3 N–H and O–H groups in total. The summed E-state index contributed by atoms with van der Waals surface area (Å²) < 4.78 is 1.81. The predicted octanol–water partition coefficient (Wildman–Crippen LogP) is 0.474. The number of hydrogen-bond donors (Lipinski definition) is 3. The van der Waals surface area contributed by atoms with Crippen LogP contribution in [0.5, 0.6) is 0 Å². The van der Waals surface area contributed by atoms with Gasteiger partial charge in [0.2, 0.25) is 0 Å². The molecule has 19 heavy (non-hydrogen) atoms. The Morgan fingerprint density at radius 2 is 2.21 bits per heavy atom. The Morgan fingerprint density at radius 3 is 2.68 bits per heavy atom. The van der Waals surface area contributed by atoms with Crippen molar-refractivity contribution < 1.29 is 14.7 Å². The molecule has 7 heteroatoms. The molecule has 1 aromatic rings. The molecule has 1 aliphatic carbocycles. The van der Waals surface area contributed by atoms with Gasteiger partial charge in [-0.25, -0.2) is 9.78 Å². The third kappa shape index (κ3) is 2.86. The molecule has 0 aliphatic heterocycles. The summed E-state index contributed by atoms with van der Waals surface area (Å²) in [5.41, 5.74) is -0.763. The minimum atomic E-state index is -0.830. The molecule has 0 radical (unpaired) electrons. The number of nitrogens with one attached hydrogen (secondary N) is 2. The van der Waals surface area contributed by atoms with E-state index in [1.807, 2.05) is 11.6 Å². The van der Waals surface area contributed by atoms with Crippen LogP contribution in [0.2, 0.25) is 0 Å². The van der Waals surface area contributed by atoms with Crippen LogP contribution in [0.25, 0.3) is 0 Å². The number of amides is 2. The number of carboxylic acids is 1. The van der Waals surface area contributed by atoms with E-state index in [2.05, 4.69) is 15.6 Å². The Kier molecular flexibility index (Phi) is 3.73. The maximum Gasteiger partial charge on any atom is 0.315 e. The Balaban J connectivity index is 1.76. The van der Waals surface area contributed by atoms with E-state index >= 15 is 0 Å². The summed E-state index contributed by atoms with van der Waals surface area (Å²) in [7, 11) is 1.84. The van der Waals surface area contributed by atoms with Crippen LogP contribution in [-0.2, 0) is 18.4 Å². The fraction of sp³-hybridized carbons (Fsp3) is 0.583. The average molecular weight is 266 g/mol. The molecule has 1 aliphatic rings. The number of imidazole rings is 1. The lowest BCUT2D eigenvalue weighted by atomic mass is 9.69. The molecular weight excluding hydrogens is 248 g/mol. The van der Waals surface area contributed by atoms with Crippen molar-refractivity contribution in [1.82, 2.24) is 20.2 Å². The second-order valence-electron chi connectivity index (χ2n) is 4.93. The summed E-state index contributed by atoms with van der Waals surface area (Å²) in [6, 6.07) is -0.365. The first kappa shape index (κ1) is 13.4. The third-order valence-corrected chi connectivity index (χ3v) is 3.68. The first-order chi connectivity index (χ1) is 9.03. The van der Waals surface area contributed by atoms with Gasteiger partial charge in [-0.1, -0.05) is 6.42 Å². The molecular formula is C12H18N4O3. The van der Waals surface area contributed by atoms with Gasteiger partial charge in [-0.15, -0.1) is 0 Å². The van der Waals surface area contributed by atoms with Crippen LogP contribution in [-0.4, -0.2) is 33.2 Å². The lowest BCUT2D eigenvalue weighted by molar-refractivity contribution is -0.153. The number of hydrogen-bond acceptors (Lipinski definition) is 3. The van der Waals surface area contributed by atoms with E-state index in [0.29, 0.717) is 19.4 Å². The zero-order valence-corrected chi connectivity index (χ0v) is 10.8. The summed E-state index contributed by atoms with van der Waals surface area (Å²) >= 11 is 0. The third-order valence-electron chi connectivity index (χ3n) is 3.68. The molecule has 0 aromatic carbocycles. The minimum Gasteiger partial charge on any atom is -0.481 e. The zero-order valence-electron chi connectivity index (χ0n) is 10.8. The van der Waals surface area contributed by atoms with Crippen LogP contribution in [0.1, 0.15) is 25.1 Å². The van der Waals surface area contributed by atoms with E-state index in [-0.39, 0.29) is 12.6 Å². The molecule has 0 saturated heterocycles. The number of urea groups is 1. The molecule has 104 valence electrons. The smallest absolute Gasteiger partial charge is 0.315 e. The number of aromatic nitrogens is 2. The lowest BCUT2D eigenvalue weighted by Crippen LogP contribution is -2.49. The predicted molar refractivity (Wildman–Crippen MR) is 67.4 cm³/mol. The highest BCUT2D eigenvalue weighted by Gasteiger charge is 2.44. The number of carbonyl (C=O) groups excluding carboxylic acids is 1. The standard InChI is InChI=1S/C12H18N4O3/c1-16-6-5-13-9(16)7-14-11(19)15-8-12(10(17)18)3-2-4-12/h5-6H,2-4,7-8H2,1H3,(H,17,18)(H2,14,15,19). The zero-order chi connectivity index (χ0) is 13.9. The molecule has 7 nitrogen and oxygen atoms in total. The topological polar surface area (TPSA) is 96.3 Å². The van der Waals surface area contributed by atoms with E-state index in [4.69, 9.17) is 5.11 Å². The van der Waals surface area contributed by atoms with Crippen LogP contribution < -0.4 is 10.6 Å². The molecule has 1 fully saturated rings. The lowest BCUT2D eigenvalue weighted by Gasteiger charge is -2.37. The second-order valence-corrected chi connectivity index (χ2v) is 4.93. The molecule has 1 saturated carbocycles. The largest absolute Gasteiger partial charge is 0.481 e.